The maximum Gasteiger partial charge on any atom is 0.491 e. The number of fused-ring (bicyclic) bond motifs is 1. The molecule has 1 aromatic carbocycles. The van der Waals surface area contributed by atoms with Crippen LogP contribution in [0.5, 0.6) is 5.06 Å². The summed E-state index contributed by atoms with van der Waals surface area (Å²) in [4.78, 5) is 9.25. The van der Waals surface area contributed by atoms with Gasteiger partial charge in [-0.05, 0) is 29.6 Å². The summed E-state index contributed by atoms with van der Waals surface area (Å²) in [7, 11) is -0.848. The Labute approximate surface area is 108 Å². The zero-order chi connectivity index (χ0) is 12.4. The lowest BCUT2D eigenvalue weighted by molar-refractivity contribution is 0.266. The molecule has 0 spiro atoms. The molecule has 2 N–H and O–H groups in total. The molecule has 0 saturated carbocycles. The van der Waals surface area contributed by atoms with Crippen molar-refractivity contribution in [3.05, 3.63) is 35.5 Å². The third-order valence-corrected chi connectivity index (χ3v) is 3.39. The zero-order valence-corrected chi connectivity index (χ0v) is 10.3. The van der Waals surface area contributed by atoms with E-state index in [2.05, 4.69) is 10.5 Å². The molecule has 0 amide bonds. The fourth-order valence-corrected chi connectivity index (χ4v) is 2.29. The fourth-order valence-electron chi connectivity index (χ4n) is 1.85. The summed E-state index contributed by atoms with van der Waals surface area (Å²) < 4.78 is 5.19. The van der Waals surface area contributed by atoms with Crippen molar-refractivity contribution in [2.24, 2.45) is 0 Å². The van der Waals surface area contributed by atoms with Crippen molar-refractivity contribution in [2.45, 2.75) is 6.42 Å². The number of anilines is 1. The van der Waals surface area contributed by atoms with Crippen molar-refractivity contribution >= 4 is 29.6 Å². The predicted octanol–water partition coefficient (Wildman–Crippen LogP) is 0.809. The van der Waals surface area contributed by atoms with Crippen LogP contribution in [0, 0.1) is 0 Å². The van der Waals surface area contributed by atoms with Gasteiger partial charge >= 0.3 is 7.12 Å². The number of thiazole rings is 1. The quantitative estimate of drug-likeness (QED) is 0.633. The first-order chi connectivity index (χ1) is 8.83. The molecule has 0 aliphatic carbocycles. The summed E-state index contributed by atoms with van der Waals surface area (Å²) in [6, 6.07) is 5.72. The second-order valence-corrected chi connectivity index (χ2v) is 4.76. The predicted molar refractivity (Wildman–Crippen MR) is 70.1 cm³/mol. The first-order valence-corrected chi connectivity index (χ1v) is 6.45. The van der Waals surface area contributed by atoms with E-state index in [1.54, 1.807) is 11.7 Å². The van der Waals surface area contributed by atoms with Gasteiger partial charge in [0.05, 0.1) is 17.4 Å². The summed E-state index contributed by atoms with van der Waals surface area (Å²) in [6.45, 7) is 0.554. The molecule has 2 heterocycles. The van der Waals surface area contributed by atoms with Crippen molar-refractivity contribution in [2.75, 3.05) is 12.1 Å². The molecule has 0 bridgehead atoms. The van der Waals surface area contributed by atoms with E-state index in [0.717, 1.165) is 23.1 Å². The third-order valence-electron chi connectivity index (χ3n) is 2.74. The zero-order valence-electron chi connectivity index (χ0n) is 9.50. The summed E-state index contributed by atoms with van der Waals surface area (Å²) >= 11 is 1.40. The van der Waals surface area contributed by atoms with Crippen molar-refractivity contribution in [1.82, 2.24) is 4.98 Å². The van der Waals surface area contributed by atoms with Gasteiger partial charge in [0.1, 0.15) is 0 Å². The van der Waals surface area contributed by atoms with Crippen LogP contribution >= 0.6 is 11.3 Å². The molecular formula is C11H11BN2O3S. The maximum absolute atomic E-state index is 9.74. The molecule has 0 saturated heterocycles. The Kier molecular flexibility index (Phi) is 3.18. The monoisotopic (exact) mass is 262 g/mol. The highest BCUT2D eigenvalue weighted by Crippen LogP contribution is 2.18. The van der Waals surface area contributed by atoms with Crippen LogP contribution in [0.1, 0.15) is 5.56 Å². The number of hydrogen-bond donors (Lipinski definition) is 2. The molecule has 5 nitrogen and oxygen atoms in total. The number of hydrogen-bond acceptors (Lipinski definition) is 6. The van der Waals surface area contributed by atoms with Crippen LogP contribution in [0.3, 0.4) is 0 Å². The molecular weight excluding hydrogens is 251 g/mol. The van der Waals surface area contributed by atoms with E-state index in [0.29, 0.717) is 11.7 Å². The normalized spacial score (nSPS) is 14.2. The average molecular weight is 262 g/mol. The summed E-state index contributed by atoms with van der Waals surface area (Å²) in [6.07, 6.45) is 2.45. The number of nitrogens with zero attached hydrogens (tertiary/aromatic N) is 1. The van der Waals surface area contributed by atoms with Crippen LogP contribution in [-0.4, -0.2) is 23.7 Å². The largest absolute Gasteiger partial charge is 0.491 e. The summed E-state index contributed by atoms with van der Waals surface area (Å²) in [5, 5.41) is 10.4. The highest BCUT2D eigenvalue weighted by molar-refractivity contribution is 7.11. The molecule has 1 aromatic heterocycles. The van der Waals surface area contributed by atoms with Gasteiger partial charge in [-0.25, -0.2) is 10.5 Å². The van der Waals surface area contributed by atoms with E-state index in [1.807, 2.05) is 18.2 Å². The van der Waals surface area contributed by atoms with Gasteiger partial charge in [-0.1, -0.05) is 17.4 Å². The summed E-state index contributed by atoms with van der Waals surface area (Å²) in [5.74, 6) is 0. The molecule has 0 atom stereocenters. The minimum Gasteiger partial charge on any atom is -0.423 e. The number of benzene rings is 1. The third kappa shape index (κ3) is 2.33. The van der Waals surface area contributed by atoms with Gasteiger partial charge < -0.3 is 14.5 Å². The van der Waals surface area contributed by atoms with Crippen molar-refractivity contribution in [1.29, 1.82) is 0 Å². The number of nitrogens with one attached hydrogen (secondary N) is 1. The van der Waals surface area contributed by atoms with E-state index in [4.69, 9.17) is 9.49 Å². The molecule has 92 valence electrons. The molecule has 0 unspecified atom stereocenters. The van der Waals surface area contributed by atoms with Crippen LogP contribution in [0.25, 0.3) is 0 Å². The van der Waals surface area contributed by atoms with E-state index in [9.17, 15) is 5.02 Å². The van der Waals surface area contributed by atoms with E-state index in [-0.39, 0.29) is 0 Å². The minimum absolute atomic E-state index is 0.554. The van der Waals surface area contributed by atoms with Gasteiger partial charge in [0, 0.05) is 6.61 Å². The van der Waals surface area contributed by atoms with Crippen molar-refractivity contribution in [3.63, 3.8) is 0 Å². The van der Waals surface area contributed by atoms with Gasteiger partial charge in [0.2, 0.25) is 5.06 Å². The standard InChI is InChI=1S/C11H11BN2O3S/c15-12-10-5-9(2-1-8(10)3-4-16-12)14-17-11-6-13-7-18-11/h1-2,5-7,14-15H,3-4H2. The highest BCUT2D eigenvalue weighted by atomic mass is 32.1. The second-order valence-electron chi connectivity index (χ2n) is 3.91. The van der Waals surface area contributed by atoms with Gasteiger partial charge in [0.15, 0.2) is 0 Å². The minimum atomic E-state index is -0.848. The van der Waals surface area contributed by atoms with Crippen LogP contribution in [0.15, 0.2) is 29.9 Å². The molecule has 7 heteroatoms. The maximum atomic E-state index is 9.74. The Bertz CT molecular complexity index is 535. The molecule has 1 aliphatic heterocycles. The van der Waals surface area contributed by atoms with E-state index >= 15 is 0 Å². The van der Waals surface area contributed by atoms with Gasteiger partial charge in [-0.2, -0.15) is 0 Å². The Balaban J connectivity index is 1.75. The van der Waals surface area contributed by atoms with Gasteiger partial charge in [-0.3, -0.25) is 0 Å². The smallest absolute Gasteiger partial charge is 0.423 e. The van der Waals surface area contributed by atoms with Crippen LogP contribution in [-0.2, 0) is 11.1 Å². The second kappa shape index (κ2) is 4.97. The Morgan fingerprint density at radius 3 is 3.28 bits per heavy atom. The fraction of sp³-hybridized carbons (Fsp3) is 0.182. The topological polar surface area (TPSA) is 63.6 Å². The lowest BCUT2D eigenvalue weighted by Gasteiger charge is -2.19. The molecule has 1 aliphatic rings. The van der Waals surface area contributed by atoms with Crippen molar-refractivity contribution in [3.8, 4) is 5.06 Å². The molecule has 18 heavy (non-hydrogen) atoms. The average Bonchev–Trinajstić information content (AvgIpc) is 2.90. The summed E-state index contributed by atoms with van der Waals surface area (Å²) in [5.41, 5.74) is 7.19. The molecule has 3 rings (SSSR count). The number of aromatic nitrogens is 1. The van der Waals surface area contributed by atoms with Crippen LogP contribution in [0.2, 0.25) is 0 Å². The number of rotatable bonds is 3. The van der Waals surface area contributed by atoms with E-state index < -0.39 is 7.12 Å². The first-order valence-electron chi connectivity index (χ1n) is 5.57. The van der Waals surface area contributed by atoms with Crippen molar-refractivity contribution < 1.29 is 14.5 Å². The highest BCUT2D eigenvalue weighted by Gasteiger charge is 2.24. The molecule has 0 fully saturated rings. The van der Waals surface area contributed by atoms with Gasteiger partial charge in [-0.15, -0.1) is 0 Å². The Hall–Kier alpha value is -1.57. The molecule has 0 radical (unpaired) electrons. The Morgan fingerprint density at radius 1 is 1.50 bits per heavy atom. The van der Waals surface area contributed by atoms with E-state index in [1.165, 1.54) is 11.3 Å². The SMILES string of the molecule is OB1OCCc2ccc(NOc3cncs3)cc21. The lowest BCUT2D eigenvalue weighted by Crippen LogP contribution is -2.41. The van der Waals surface area contributed by atoms with Crippen LogP contribution < -0.4 is 15.8 Å². The van der Waals surface area contributed by atoms with Crippen LogP contribution in [0.4, 0.5) is 5.69 Å². The lowest BCUT2D eigenvalue weighted by atomic mass is 9.73. The first kappa shape index (κ1) is 11.5. The van der Waals surface area contributed by atoms with Gasteiger partial charge in [0.25, 0.3) is 0 Å². The molecule has 2 aromatic rings. The Morgan fingerprint density at radius 2 is 2.44 bits per heavy atom.